The number of hydrogen-bond donors (Lipinski definition) is 0. The molecule has 0 aliphatic carbocycles. The Morgan fingerprint density at radius 1 is 1.24 bits per heavy atom. The van der Waals surface area contributed by atoms with Crippen molar-refractivity contribution < 1.29 is 4.57 Å². The minimum absolute atomic E-state index is 0.974. The maximum Gasteiger partial charge on any atom is 0.195 e. The highest BCUT2D eigenvalue weighted by molar-refractivity contribution is 8.14. The minimum Gasteiger partial charge on any atom is -0.306 e. The van der Waals surface area contributed by atoms with Gasteiger partial charge in [-0.05, 0) is 36.1 Å². The third-order valence-electron chi connectivity index (χ3n) is 2.40. The minimum atomic E-state index is -2.58. The molecule has 0 aliphatic rings. The first-order valence-corrected chi connectivity index (χ1v) is 9.81. The van der Waals surface area contributed by atoms with E-state index >= 15 is 0 Å². The molecule has 0 N–H and O–H groups in total. The molecule has 0 radical (unpaired) electrons. The molecule has 0 saturated carbocycles. The number of thioether (sulfide) groups is 1. The molecule has 0 unspecified atom stereocenters. The van der Waals surface area contributed by atoms with E-state index in [-0.39, 0.29) is 0 Å². The Balaban J connectivity index is 2.63. The van der Waals surface area contributed by atoms with Crippen LogP contribution in [-0.2, 0) is 4.57 Å². The maximum absolute atomic E-state index is 13.4. The van der Waals surface area contributed by atoms with Gasteiger partial charge in [-0.1, -0.05) is 18.2 Å². The molecule has 1 nitrogen and oxygen atoms in total. The van der Waals surface area contributed by atoms with Crippen LogP contribution in [0, 0.1) is 0 Å². The van der Waals surface area contributed by atoms with Crippen molar-refractivity contribution in [2.24, 2.45) is 0 Å². The van der Waals surface area contributed by atoms with Gasteiger partial charge in [0.2, 0.25) is 0 Å². The molecule has 2 rings (SSSR count). The Morgan fingerprint density at radius 3 is 2.06 bits per heavy atom. The molecule has 0 aromatic carbocycles. The zero-order chi connectivity index (χ0) is 12.3. The first-order chi connectivity index (χ1) is 8.23. The predicted molar refractivity (Wildman–Crippen MR) is 82.8 cm³/mol. The van der Waals surface area contributed by atoms with E-state index in [0.29, 0.717) is 0 Å². The molecule has 90 valence electrons. The standard InChI is InChI=1S/C12H13OPS3/c1-3-10(15-2)14(13,11-6-4-8-16-11)12-7-5-9-17-12/h3-9H,1-2H3/b10-3-. The van der Waals surface area contributed by atoms with Crippen LogP contribution in [0.25, 0.3) is 0 Å². The largest absolute Gasteiger partial charge is 0.306 e. The predicted octanol–water partition coefficient (Wildman–Crippen LogP) is 4.35. The van der Waals surface area contributed by atoms with Gasteiger partial charge in [0, 0.05) is 4.65 Å². The second-order valence-electron chi connectivity index (χ2n) is 3.34. The summed E-state index contributed by atoms with van der Waals surface area (Å²) in [5.74, 6) is 0. The SMILES string of the molecule is C/C=C(\SC)P(=O)(c1cccs1)c1cccs1. The molecule has 2 heterocycles. The van der Waals surface area contributed by atoms with Gasteiger partial charge in [-0.2, -0.15) is 0 Å². The van der Waals surface area contributed by atoms with Crippen molar-refractivity contribution in [3.63, 3.8) is 0 Å². The topological polar surface area (TPSA) is 17.1 Å². The Morgan fingerprint density at radius 2 is 1.76 bits per heavy atom. The normalized spacial score (nSPS) is 12.9. The summed E-state index contributed by atoms with van der Waals surface area (Å²) in [6.45, 7) is 1.96. The van der Waals surface area contributed by atoms with E-state index in [2.05, 4.69) is 0 Å². The smallest absolute Gasteiger partial charge is 0.195 e. The van der Waals surface area contributed by atoms with Gasteiger partial charge in [0.1, 0.15) is 0 Å². The van der Waals surface area contributed by atoms with Crippen LogP contribution in [0.3, 0.4) is 0 Å². The number of hydrogen-bond acceptors (Lipinski definition) is 4. The summed E-state index contributed by atoms with van der Waals surface area (Å²) in [5, 5.41) is 3.98. The summed E-state index contributed by atoms with van der Waals surface area (Å²) in [7, 11) is -2.58. The molecule has 0 saturated heterocycles. The van der Waals surface area contributed by atoms with Crippen LogP contribution in [-0.4, -0.2) is 6.26 Å². The first-order valence-electron chi connectivity index (χ1n) is 5.12. The Kier molecular flexibility index (Phi) is 4.31. The van der Waals surface area contributed by atoms with E-state index in [0.717, 1.165) is 13.9 Å². The van der Waals surface area contributed by atoms with Gasteiger partial charge in [0.25, 0.3) is 0 Å². The molecule has 5 heteroatoms. The molecule has 0 spiro atoms. The van der Waals surface area contributed by atoms with Crippen LogP contribution in [0.2, 0.25) is 0 Å². The average Bonchev–Trinajstić information content (AvgIpc) is 3.04. The van der Waals surface area contributed by atoms with Crippen LogP contribution in [0.4, 0.5) is 0 Å². The number of thiophene rings is 2. The van der Waals surface area contributed by atoms with Gasteiger partial charge in [-0.25, -0.2) is 0 Å². The summed E-state index contributed by atoms with van der Waals surface area (Å²) in [4.78, 5) is 0. The second-order valence-corrected chi connectivity index (χ2v) is 9.66. The lowest BCUT2D eigenvalue weighted by Crippen LogP contribution is -2.10. The van der Waals surface area contributed by atoms with Gasteiger partial charge in [-0.3, -0.25) is 0 Å². The average molecular weight is 300 g/mol. The van der Waals surface area contributed by atoms with E-state index in [1.807, 2.05) is 54.3 Å². The monoisotopic (exact) mass is 300 g/mol. The van der Waals surface area contributed by atoms with Gasteiger partial charge < -0.3 is 4.57 Å². The highest BCUT2D eigenvalue weighted by Gasteiger charge is 2.33. The lowest BCUT2D eigenvalue weighted by atomic mass is 10.7. The van der Waals surface area contributed by atoms with Gasteiger partial charge in [0.15, 0.2) is 7.14 Å². The zero-order valence-electron chi connectivity index (χ0n) is 9.62. The fourth-order valence-corrected chi connectivity index (χ4v) is 9.27. The van der Waals surface area contributed by atoms with Crippen molar-refractivity contribution in [3.05, 3.63) is 45.7 Å². The van der Waals surface area contributed by atoms with Gasteiger partial charge in [0.05, 0.1) is 9.24 Å². The van der Waals surface area contributed by atoms with E-state index in [4.69, 9.17) is 0 Å². The fraction of sp³-hybridized carbons (Fsp3) is 0.167. The molecule has 2 aromatic rings. The highest BCUT2D eigenvalue weighted by Crippen LogP contribution is 2.57. The number of rotatable bonds is 4. The quantitative estimate of drug-likeness (QED) is 0.781. The molecule has 0 fully saturated rings. The molecular weight excluding hydrogens is 287 g/mol. The van der Waals surface area contributed by atoms with Crippen molar-refractivity contribution >= 4 is 50.8 Å². The Bertz CT molecular complexity index is 502. The van der Waals surface area contributed by atoms with E-state index in [9.17, 15) is 4.57 Å². The lowest BCUT2D eigenvalue weighted by Gasteiger charge is -2.17. The second kappa shape index (κ2) is 5.57. The fourth-order valence-electron chi connectivity index (χ4n) is 1.65. The van der Waals surface area contributed by atoms with Crippen LogP contribution in [0.1, 0.15) is 6.92 Å². The molecule has 0 atom stereocenters. The van der Waals surface area contributed by atoms with E-state index in [1.165, 1.54) is 0 Å². The highest BCUT2D eigenvalue weighted by atomic mass is 32.2. The van der Waals surface area contributed by atoms with Crippen molar-refractivity contribution in [1.82, 2.24) is 0 Å². The van der Waals surface area contributed by atoms with E-state index < -0.39 is 7.14 Å². The molecule has 0 amide bonds. The van der Waals surface area contributed by atoms with Crippen LogP contribution < -0.4 is 9.24 Å². The Hall–Kier alpha value is -0.280. The third kappa shape index (κ3) is 2.32. The summed E-state index contributed by atoms with van der Waals surface area (Å²) in [6.07, 6.45) is 3.97. The van der Waals surface area contributed by atoms with Crippen molar-refractivity contribution in [1.29, 1.82) is 0 Å². The zero-order valence-corrected chi connectivity index (χ0v) is 13.0. The number of allylic oxidation sites excluding steroid dienone is 1. The molecular formula is C12H13OPS3. The van der Waals surface area contributed by atoms with Crippen molar-refractivity contribution in [2.75, 3.05) is 6.26 Å². The molecule has 0 bridgehead atoms. The molecule has 0 aliphatic heterocycles. The third-order valence-corrected chi connectivity index (χ3v) is 10.3. The van der Waals surface area contributed by atoms with E-state index in [1.54, 1.807) is 34.4 Å². The summed E-state index contributed by atoms with van der Waals surface area (Å²) >= 11 is 4.74. The van der Waals surface area contributed by atoms with Gasteiger partial charge >= 0.3 is 0 Å². The summed E-state index contributed by atoms with van der Waals surface area (Å²) < 4.78 is 16.4. The molecule has 2 aromatic heterocycles. The van der Waals surface area contributed by atoms with Crippen molar-refractivity contribution in [3.8, 4) is 0 Å². The maximum atomic E-state index is 13.4. The Labute approximate surface area is 114 Å². The van der Waals surface area contributed by atoms with Crippen molar-refractivity contribution in [2.45, 2.75) is 6.92 Å². The summed E-state index contributed by atoms with van der Waals surface area (Å²) in [6, 6.07) is 7.89. The molecule has 17 heavy (non-hydrogen) atoms. The summed E-state index contributed by atoms with van der Waals surface area (Å²) in [5.41, 5.74) is 0. The lowest BCUT2D eigenvalue weighted by molar-refractivity contribution is 0.592. The van der Waals surface area contributed by atoms with Crippen LogP contribution in [0.15, 0.2) is 45.7 Å². The van der Waals surface area contributed by atoms with Crippen LogP contribution >= 0.6 is 41.6 Å². The van der Waals surface area contributed by atoms with Gasteiger partial charge in [-0.15, -0.1) is 34.4 Å². The first kappa shape index (κ1) is 13.2. The van der Waals surface area contributed by atoms with Crippen LogP contribution in [0.5, 0.6) is 0 Å².